The number of para-hydroxylation sites is 2. The Balaban J connectivity index is 1.46. The molecule has 2 heterocycles. The first kappa shape index (κ1) is 21.3. The fourth-order valence-corrected chi connectivity index (χ4v) is 4.41. The van der Waals surface area contributed by atoms with Crippen molar-refractivity contribution >= 4 is 29.0 Å². The second-order valence-electron chi connectivity index (χ2n) is 8.17. The van der Waals surface area contributed by atoms with Crippen molar-refractivity contribution in [1.82, 2.24) is 9.80 Å². The van der Waals surface area contributed by atoms with Crippen molar-refractivity contribution in [2.24, 2.45) is 4.99 Å². The quantitative estimate of drug-likeness (QED) is 0.514. The molecule has 5 rings (SSSR count). The molecule has 0 unspecified atom stereocenters. The molecule has 3 aromatic carbocycles. The van der Waals surface area contributed by atoms with Gasteiger partial charge in [-0.1, -0.05) is 23.7 Å². The van der Waals surface area contributed by atoms with Crippen molar-refractivity contribution in [3.8, 4) is 17.2 Å². The normalized spacial score (nSPS) is 17.3. The van der Waals surface area contributed by atoms with Gasteiger partial charge in [0.05, 0.1) is 12.7 Å². The molecule has 7 heteroatoms. The number of nitrogens with zero attached hydrogens (tertiary/aromatic N) is 3. The minimum Gasteiger partial charge on any atom is -0.497 e. The van der Waals surface area contributed by atoms with E-state index in [4.69, 9.17) is 26.1 Å². The second kappa shape index (κ2) is 8.79. The highest BCUT2D eigenvalue weighted by atomic mass is 35.5. The zero-order chi connectivity index (χ0) is 22.9. The summed E-state index contributed by atoms with van der Waals surface area (Å²) in [5.74, 6) is 3.01. The third-order valence-corrected chi connectivity index (χ3v) is 6.27. The van der Waals surface area contributed by atoms with Gasteiger partial charge in [0.15, 0.2) is 5.75 Å². The van der Waals surface area contributed by atoms with Crippen molar-refractivity contribution < 1.29 is 14.3 Å². The average molecular weight is 462 g/mol. The van der Waals surface area contributed by atoms with Gasteiger partial charge in [0.1, 0.15) is 23.0 Å². The van der Waals surface area contributed by atoms with Crippen LogP contribution in [0.1, 0.15) is 22.8 Å². The number of rotatable bonds is 2. The number of carbonyl (C=O) groups is 1. The Kier molecular flexibility index (Phi) is 5.68. The van der Waals surface area contributed by atoms with Gasteiger partial charge >= 0.3 is 0 Å². The van der Waals surface area contributed by atoms with Gasteiger partial charge in [-0.15, -0.1) is 0 Å². The topological polar surface area (TPSA) is 54.4 Å². The van der Waals surface area contributed by atoms with E-state index in [1.165, 1.54) is 0 Å². The molecule has 0 aliphatic carbocycles. The Morgan fingerprint density at radius 1 is 1.06 bits per heavy atom. The number of amidine groups is 1. The molecule has 0 aromatic heterocycles. The van der Waals surface area contributed by atoms with E-state index in [9.17, 15) is 4.79 Å². The first-order chi connectivity index (χ1) is 16.0. The Hall–Kier alpha value is -3.51. The van der Waals surface area contributed by atoms with Crippen molar-refractivity contribution in [3.63, 3.8) is 0 Å². The van der Waals surface area contributed by atoms with Crippen LogP contribution in [0, 0.1) is 0 Å². The predicted octanol–water partition coefficient (Wildman–Crippen LogP) is 5.38. The Labute approximate surface area is 198 Å². The minimum absolute atomic E-state index is 0.00176. The number of hydrogen-bond donors (Lipinski definition) is 0. The van der Waals surface area contributed by atoms with Crippen LogP contribution in [0.25, 0.3) is 0 Å². The SMILES string of the molecule is COc1ccc2c(c1)C(N1CCN(C(=O)c3ccc(Cl)cc3)[C@@H](C)C1)=Nc1ccccc1O2. The lowest BCUT2D eigenvalue weighted by Gasteiger charge is -2.41. The number of hydrogen-bond acceptors (Lipinski definition) is 5. The molecule has 33 heavy (non-hydrogen) atoms. The number of methoxy groups -OCH3 is 1. The fraction of sp³-hybridized carbons (Fsp3) is 0.231. The summed E-state index contributed by atoms with van der Waals surface area (Å²) in [5, 5.41) is 0.618. The Morgan fingerprint density at radius 3 is 2.61 bits per heavy atom. The van der Waals surface area contributed by atoms with E-state index in [0.29, 0.717) is 36.0 Å². The standard InChI is InChI=1S/C26H24ClN3O3/c1-17-16-29(13-14-30(17)26(31)18-7-9-19(27)10-8-18)25-21-15-20(32-2)11-12-23(21)33-24-6-4-3-5-22(24)28-25/h3-12,15,17H,13-14,16H2,1-2H3/t17-/m0/s1. The fourth-order valence-electron chi connectivity index (χ4n) is 4.28. The van der Waals surface area contributed by atoms with Crippen LogP contribution >= 0.6 is 11.6 Å². The molecule has 2 aliphatic rings. The van der Waals surface area contributed by atoms with Gasteiger partial charge in [0.25, 0.3) is 5.91 Å². The minimum atomic E-state index is -0.00176. The maximum Gasteiger partial charge on any atom is 0.254 e. The summed E-state index contributed by atoms with van der Waals surface area (Å²) >= 11 is 5.98. The number of carbonyl (C=O) groups excluding carboxylic acids is 1. The summed E-state index contributed by atoms with van der Waals surface area (Å²) in [6.45, 7) is 3.95. The molecule has 168 valence electrons. The van der Waals surface area contributed by atoms with E-state index in [-0.39, 0.29) is 11.9 Å². The number of ether oxygens (including phenoxy) is 2. The van der Waals surface area contributed by atoms with Gasteiger partial charge in [-0.2, -0.15) is 0 Å². The number of halogens is 1. The van der Waals surface area contributed by atoms with Crippen LogP contribution in [0.2, 0.25) is 5.02 Å². The summed E-state index contributed by atoms with van der Waals surface area (Å²) in [7, 11) is 1.65. The third kappa shape index (κ3) is 4.14. The zero-order valence-electron chi connectivity index (χ0n) is 18.5. The first-order valence-corrected chi connectivity index (χ1v) is 11.3. The number of fused-ring (bicyclic) bond motifs is 2. The molecule has 0 spiro atoms. The van der Waals surface area contributed by atoms with E-state index < -0.39 is 0 Å². The monoisotopic (exact) mass is 461 g/mol. The van der Waals surface area contributed by atoms with Gasteiger partial charge in [-0.05, 0) is 61.5 Å². The molecular formula is C26H24ClN3O3. The summed E-state index contributed by atoms with van der Waals surface area (Å²) in [6, 6.07) is 20.5. The molecular weight excluding hydrogens is 438 g/mol. The smallest absolute Gasteiger partial charge is 0.254 e. The van der Waals surface area contributed by atoms with Gasteiger partial charge in [0.2, 0.25) is 0 Å². The van der Waals surface area contributed by atoms with Crippen molar-refractivity contribution in [2.45, 2.75) is 13.0 Å². The highest BCUT2D eigenvalue weighted by Crippen LogP contribution is 2.39. The first-order valence-electron chi connectivity index (χ1n) is 10.9. The van der Waals surface area contributed by atoms with Crippen LogP contribution in [-0.4, -0.2) is 54.3 Å². The van der Waals surface area contributed by atoms with Crippen LogP contribution < -0.4 is 9.47 Å². The lowest BCUT2D eigenvalue weighted by Crippen LogP contribution is -2.55. The second-order valence-corrected chi connectivity index (χ2v) is 8.60. The highest BCUT2D eigenvalue weighted by molar-refractivity contribution is 6.30. The molecule has 1 fully saturated rings. The van der Waals surface area contributed by atoms with Crippen molar-refractivity contribution in [3.05, 3.63) is 82.9 Å². The summed E-state index contributed by atoms with van der Waals surface area (Å²) in [5.41, 5.74) is 2.29. The van der Waals surface area contributed by atoms with Gasteiger partial charge < -0.3 is 19.3 Å². The molecule has 1 amide bonds. The van der Waals surface area contributed by atoms with E-state index in [1.54, 1.807) is 31.4 Å². The van der Waals surface area contributed by atoms with Crippen molar-refractivity contribution in [2.75, 3.05) is 26.7 Å². The van der Waals surface area contributed by atoms with Gasteiger partial charge in [0, 0.05) is 36.3 Å². The highest BCUT2D eigenvalue weighted by Gasteiger charge is 2.32. The molecule has 2 aliphatic heterocycles. The Morgan fingerprint density at radius 2 is 1.85 bits per heavy atom. The number of piperazine rings is 1. The molecule has 0 radical (unpaired) electrons. The van der Waals surface area contributed by atoms with Crippen LogP contribution in [0.5, 0.6) is 17.2 Å². The lowest BCUT2D eigenvalue weighted by atomic mass is 10.1. The van der Waals surface area contributed by atoms with Gasteiger partial charge in [-0.25, -0.2) is 4.99 Å². The third-order valence-electron chi connectivity index (χ3n) is 6.02. The summed E-state index contributed by atoms with van der Waals surface area (Å²) in [6.07, 6.45) is 0. The predicted molar refractivity (Wildman–Crippen MR) is 129 cm³/mol. The Bertz CT molecular complexity index is 1230. The molecule has 0 saturated carbocycles. The van der Waals surface area contributed by atoms with E-state index >= 15 is 0 Å². The van der Waals surface area contributed by atoms with E-state index in [1.807, 2.05) is 47.4 Å². The van der Waals surface area contributed by atoms with Gasteiger partial charge in [-0.3, -0.25) is 4.79 Å². The molecule has 0 N–H and O–H groups in total. The van der Waals surface area contributed by atoms with Crippen LogP contribution in [0.15, 0.2) is 71.7 Å². The van der Waals surface area contributed by atoms with Crippen LogP contribution in [-0.2, 0) is 0 Å². The molecule has 0 bridgehead atoms. The maximum absolute atomic E-state index is 13.1. The molecule has 1 saturated heterocycles. The summed E-state index contributed by atoms with van der Waals surface area (Å²) in [4.78, 5) is 22.2. The molecule has 6 nitrogen and oxygen atoms in total. The maximum atomic E-state index is 13.1. The zero-order valence-corrected chi connectivity index (χ0v) is 19.2. The number of benzene rings is 3. The summed E-state index contributed by atoms with van der Waals surface area (Å²) < 4.78 is 11.7. The lowest BCUT2D eigenvalue weighted by molar-refractivity contribution is 0.0581. The van der Waals surface area contributed by atoms with E-state index in [0.717, 1.165) is 28.6 Å². The average Bonchev–Trinajstić information content (AvgIpc) is 3.00. The van der Waals surface area contributed by atoms with E-state index in [2.05, 4.69) is 11.8 Å². The molecule has 1 atom stereocenters. The number of amides is 1. The largest absolute Gasteiger partial charge is 0.497 e. The molecule has 3 aromatic rings. The van der Waals surface area contributed by atoms with Crippen molar-refractivity contribution in [1.29, 1.82) is 0 Å². The number of aliphatic imine (C=N–C) groups is 1. The van der Waals surface area contributed by atoms with Crippen LogP contribution in [0.4, 0.5) is 5.69 Å². The van der Waals surface area contributed by atoms with Crippen LogP contribution in [0.3, 0.4) is 0 Å².